The second kappa shape index (κ2) is 5.16. The third-order valence-corrected chi connectivity index (χ3v) is 4.17. The highest BCUT2D eigenvalue weighted by molar-refractivity contribution is 6.42. The van der Waals surface area contributed by atoms with Crippen LogP contribution in [0, 0.1) is 5.41 Å². The van der Waals surface area contributed by atoms with Gasteiger partial charge in [0.15, 0.2) is 0 Å². The molecule has 22 heavy (non-hydrogen) atoms. The monoisotopic (exact) mass is 300 g/mol. The van der Waals surface area contributed by atoms with Gasteiger partial charge in [-0.25, -0.2) is 4.79 Å². The van der Waals surface area contributed by atoms with Crippen LogP contribution in [-0.2, 0) is 14.3 Å². The zero-order valence-electron chi connectivity index (χ0n) is 13.1. The summed E-state index contributed by atoms with van der Waals surface area (Å²) in [6.07, 6.45) is 0.691. The Hall–Kier alpha value is -2.30. The van der Waals surface area contributed by atoms with E-state index in [0.717, 1.165) is 11.4 Å². The number of cyclic esters (lactones) is 1. The molecule has 0 amide bonds. The van der Waals surface area contributed by atoms with Crippen molar-refractivity contribution in [1.29, 1.82) is 0 Å². The molecule has 2 aliphatic rings. The number of para-hydroxylation sites is 1. The van der Waals surface area contributed by atoms with Crippen LogP contribution in [0.15, 0.2) is 41.6 Å². The summed E-state index contributed by atoms with van der Waals surface area (Å²) in [5.74, 6) is -1.28. The minimum atomic E-state index is -0.755. The van der Waals surface area contributed by atoms with E-state index < -0.39 is 11.8 Å². The molecule has 1 unspecified atom stereocenters. The summed E-state index contributed by atoms with van der Waals surface area (Å²) in [6.45, 7) is 6.57. The molecule has 1 aromatic carbocycles. The number of carbonyl (C=O) groups excluding carboxylic acids is 2. The van der Waals surface area contributed by atoms with Gasteiger partial charge in [-0.3, -0.25) is 9.80 Å². The maximum atomic E-state index is 11.9. The number of benzene rings is 1. The number of hydrogen-bond acceptors (Lipinski definition) is 5. The van der Waals surface area contributed by atoms with E-state index in [9.17, 15) is 9.59 Å². The summed E-state index contributed by atoms with van der Waals surface area (Å²) < 4.78 is 4.85. The number of esters is 1. The minimum absolute atomic E-state index is 0.0116. The molecule has 5 heteroatoms. The van der Waals surface area contributed by atoms with Crippen molar-refractivity contribution in [3.8, 4) is 0 Å². The second-order valence-corrected chi connectivity index (χ2v) is 6.77. The fraction of sp³-hybridized carbons (Fsp3) is 0.412. The summed E-state index contributed by atoms with van der Waals surface area (Å²) in [5, 5.41) is 2.08. The molecule has 3 rings (SSSR count). The van der Waals surface area contributed by atoms with Crippen LogP contribution in [0.4, 0.5) is 5.69 Å². The molecule has 0 radical (unpaired) electrons. The van der Waals surface area contributed by atoms with Crippen LogP contribution in [0.1, 0.15) is 27.2 Å². The Kier molecular flexibility index (Phi) is 3.43. The Labute approximate surface area is 129 Å². The van der Waals surface area contributed by atoms with E-state index in [1.807, 2.05) is 30.3 Å². The maximum absolute atomic E-state index is 11.9. The molecule has 5 nitrogen and oxygen atoms in total. The lowest BCUT2D eigenvalue weighted by molar-refractivity contribution is -0.146. The van der Waals surface area contributed by atoms with E-state index >= 15 is 0 Å². The normalized spacial score (nSPS) is 25.4. The molecule has 2 heterocycles. The van der Waals surface area contributed by atoms with Crippen molar-refractivity contribution < 1.29 is 14.3 Å². The lowest BCUT2D eigenvalue weighted by Crippen LogP contribution is -2.44. The number of nitrogens with zero attached hydrogens (tertiary/aromatic N) is 1. The van der Waals surface area contributed by atoms with E-state index in [-0.39, 0.29) is 18.1 Å². The summed E-state index contributed by atoms with van der Waals surface area (Å²) in [5.41, 5.74) is 5.61. The third kappa shape index (κ3) is 2.47. The molecule has 1 aromatic rings. The molecule has 2 fully saturated rings. The first-order valence-corrected chi connectivity index (χ1v) is 7.42. The van der Waals surface area contributed by atoms with Gasteiger partial charge in [-0.2, -0.15) is 0 Å². The average Bonchev–Trinajstić information content (AvgIpc) is 3.05. The number of anilines is 1. The minimum Gasteiger partial charge on any atom is -0.455 e. The molecule has 0 bridgehead atoms. The van der Waals surface area contributed by atoms with E-state index in [1.165, 1.54) is 0 Å². The maximum Gasteiger partial charge on any atom is 0.379 e. The summed E-state index contributed by atoms with van der Waals surface area (Å²) in [4.78, 5) is 23.2. The number of nitrogens with one attached hydrogen (secondary N) is 1. The number of Topliss-reactive ketones (excluding diaryl/α,β-unsaturated/α-hetero) is 1. The molecular weight excluding hydrogens is 280 g/mol. The van der Waals surface area contributed by atoms with Gasteiger partial charge in [0.05, 0.1) is 17.3 Å². The molecule has 2 saturated heterocycles. The quantitative estimate of drug-likeness (QED) is 0.489. The van der Waals surface area contributed by atoms with Crippen LogP contribution < -0.4 is 10.4 Å². The average molecular weight is 300 g/mol. The molecule has 0 aliphatic carbocycles. The van der Waals surface area contributed by atoms with Crippen LogP contribution in [0.2, 0.25) is 0 Å². The molecule has 116 valence electrons. The van der Waals surface area contributed by atoms with Crippen LogP contribution >= 0.6 is 0 Å². The van der Waals surface area contributed by atoms with Crippen LogP contribution in [0.3, 0.4) is 0 Å². The van der Waals surface area contributed by atoms with Gasteiger partial charge >= 0.3 is 5.97 Å². The summed E-state index contributed by atoms with van der Waals surface area (Å²) >= 11 is 0. The SMILES string of the molecule is CC(C)(C)C1CC(=C2COC(=O)C2=O)NN1c1ccccc1. The highest BCUT2D eigenvalue weighted by Gasteiger charge is 2.41. The van der Waals surface area contributed by atoms with Crippen molar-refractivity contribution in [3.05, 3.63) is 41.6 Å². The number of carbonyl (C=O) groups is 2. The van der Waals surface area contributed by atoms with E-state index in [0.29, 0.717) is 12.0 Å². The van der Waals surface area contributed by atoms with E-state index in [1.54, 1.807) is 0 Å². The van der Waals surface area contributed by atoms with Crippen molar-refractivity contribution in [2.45, 2.75) is 33.2 Å². The Morgan fingerprint density at radius 1 is 1.18 bits per heavy atom. The largest absolute Gasteiger partial charge is 0.455 e. The number of hydrazine groups is 1. The number of ether oxygens (including phenoxy) is 1. The highest BCUT2D eigenvalue weighted by atomic mass is 16.5. The van der Waals surface area contributed by atoms with Crippen molar-refractivity contribution in [2.75, 3.05) is 11.6 Å². The van der Waals surface area contributed by atoms with Gasteiger partial charge in [0, 0.05) is 12.1 Å². The van der Waals surface area contributed by atoms with Gasteiger partial charge in [0.2, 0.25) is 0 Å². The smallest absolute Gasteiger partial charge is 0.379 e. The highest BCUT2D eigenvalue weighted by Crippen LogP contribution is 2.37. The van der Waals surface area contributed by atoms with E-state index in [2.05, 4.69) is 31.2 Å². The van der Waals surface area contributed by atoms with E-state index in [4.69, 9.17) is 4.74 Å². The van der Waals surface area contributed by atoms with Crippen molar-refractivity contribution in [1.82, 2.24) is 5.43 Å². The number of rotatable bonds is 1. The molecule has 2 aliphatic heterocycles. The van der Waals surface area contributed by atoms with Gasteiger partial charge in [0.25, 0.3) is 5.78 Å². The molecule has 1 atom stereocenters. The lowest BCUT2D eigenvalue weighted by atomic mass is 9.84. The van der Waals surface area contributed by atoms with Gasteiger partial charge in [-0.15, -0.1) is 0 Å². The molecule has 0 saturated carbocycles. The zero-order valence-corrected chi connectivity index (χ0v) is 13.1. The number of ketones is 1. The topological polar surface area (TPSA) is 58.6 Å². The van der Waals surface area contributed by atoms with Crippen LogP contribution in [0.25, 0.3) is 0 Å². The van der Waals surface area contributed by atoms with Gasteiger partial charge < -0.3 is 10.2 Å². The fourth-order valence-electron chi connectivity index (χ4n) is 2.89. The van der Waals surface area contributed by atoms with Crippen LogP contribution in [-0.4, -0.2) is 24.4 Å². The molecule has 0 spiro atoms. The second-order valence-electron chi connectivity index (χ2n) is 6.77. The van der Waals surface area contributed by atoms with Gasteiger partial charge in [-0.05, 0) is 17.5 Å². The van der Waals surface area contributed by atoms with Crippen LogP contribution in [0.5, 0.6) is 0 Å². The first-order valence-electron chi connectivity index (χ1n) is 7.42. The fourth-order valence-corrected chi connectivity index (χ4v) is 2.89. The van der Waals surface area contributed by atoms with Crippen molar-refractivity contribution >= 4 is 17.4 Å². The van der Waals surface area contributed by atoms with Gasteiger partial charge in [-0.1, -0.05) is 39.0 Å². The van der Waals surface area contributed by atoms with Crippen molar-refractivity contribution in [3.63, 3.8) is 0 Å². The molecular formula is C17H20N2O3. The Morgan fingerprint density at radius 3 is 2.41 bits per heavy atom. The molecule has 1 N–H and O–H groups in total. The standard InChI is InChI=1S/C17H20N2O3/c1-17(2,3)14-9-13(12-10-22-16(21)15(12)20)18-19(14)11-7-5-4-6-8-11/h4-8,14,18H,9-10H2,1-3H3. The first kappa shape index (κ1) is 14.6. The lowest BCUT2D eigenvalue weighted by Gasteiger charge is -2.35. The predicted molar refractivity (Wildman–Crippen MR) is 82.9 cm³/mol. The van der Waals surface area contributed by atoms with Gasteiger partial charge in [0.1, 0.15) is 6.61 Å². The number of hydrogen-bond donors (Lipinski definition) is 1. The van der Waals surface area contributed by atoms with Crippen molar-refractivity contribution in [2.24, 2.45) is 5.41 Å². The third-order valence-electron chi connectivity index (χ3n) is 4.17. The zero-order chi connectivity index (χ0) is 15.9. The summed E-state index contributed by atoms with van der Waals surface area (Å²) in [6, 6.07) is 10.2. The molecule has 0 aromatic heterocycles. The Balaban J connectivity index is 1.98. The predicted octanol–water partition coefficient (Wildman–Crippen LogP) is 2.20. The Morgan fingerprint density at radius 2 is 1.86 bits per heavy atom. The first-order chi connectivity index (χ1) is 10.4. The summed E-state index contributed by atoms with van der Waals surface area (Å²) in [7, 11) is 0. The Bertz CT molecular complexity index is 644.